The van der Waals surface area contributed by atoms with Crippen molar-refractivity contribution in [3.8, 4) is 0 Å². The summed E-state index contributed by atoms with van der Waals surface area (Å²) in [5, 5.41) is 1.60. The van der Waals surface area contributed by atoms with Gasteiger partial charge in [-0.1, -0.05) is 46.5 Å². The van der Waals surface area contributed by atoms with Gasteiger partial charge in [0.2, 0.25) is 0 Å². The van der Waals surface area contributed by atoms with Crippen molar-refractivity contribution in [2.45, 2.75) is 59.2 Å². The van der Waals surface area contributed by atoms with E-state index in [-0.39, 0.29) is 12.5 Å². The molecule has 4 heteroatoms. The van der Waals surface area contributed by atoms with Gasteiger partial charge in [-0.15, -0.1) is 0 Å². The lowest BCUT2D eigenvalue weighted by atomic mass is 9.91. The molecule has 0 saturated carbocycles. The Labute approximate surface area is 96.8 Å². The van der Waals surface area contributed by atoms with Gasteiger partial charge in [-0.25, -0.2) is 5.32 Å². The molecule has 2 atom stereocenters. The lowest BCUT2D eigenvalue weighted by Crippen LogP contribution is -2.35. The van der Waals surface area contributed by atoms with E-state index in [1.165, 1.54) is 6.42 Å². The Morgan fingerprint density at radius 3 is 2.12 bits per heavy atom. The Hall–Kier alpha value is -0.250. The summed E-state index contributed by atoms with van der Waals surface area (Å²) in [5.74, 6) is 0.769. The van der Waals surface area contributed by atoms with E-state index in [1.54, 1.807) is 5.32 Å². The summed E-state index contributed by atoms with van der Waals surface area (Å²) in [6.45, 7) is 6.21. The molecule has 0 spiro atoms. The summed E-state index contributed by atoms with van der Waals surface area (Å²) in [6.07, 6.45) is 1.17. The zero-order valence-electron chi connectivity index (χ0n) is 10.5. The van der Waals surface area contributed by atoms with Crippen LogP contribution < -0.4 is 5.32 Å². The molecule has 0 aromatic rings. The van der Waals surface area contributed by atoms with Gasteiger partial charge < -0.3 is 0 Å². The summed E-state index contributed by atoms with van der Waals surface area (Å²) in [6, 6.07) is 0. The molecule has 0 aliphatic carbocycles. The van der Waals surface area contributed by atoms with Crippen molar-refractivity contribution in [3.63, 3.8) is 0 Å². The van der Waals surface area contributed by atoms with Gasteiger partial charge in [-0.3, -0.25) is 0 Å². The standard InChI is InChI=1S/C12H24F3N/c1-4-6-11(5-2)8-7-10(3)9-16-12(13,14)15/h10-11,16H,4-9H2,1-3H3. The highest BCUT2D eigenvalue weighted by Gasteiger charge is 2.26. The summed E-state index contributed by atoms with van der Waals surface area (Å²) < 4.78 is 35.7. The minimum atomic E-state index is -4.23. The smallest absolute Gasteiger partial charge is 0.228 e. The molecular formula is C12H24F3N. The first-order valence-electron chi connectivity index (χ1n) is 6.20. The van der Waals surface area contributed by atoms with Crippen molar-refractivity contribution in [2.75, 3.05) is 6.54 Å². The highest BCUT2D eigenvalue weighted by atomic mass is 19.4. The molecule has 0 amide bonds. The van der Waals surface area contributed by atoms with Gasteiger partial charge in [0, 0.05) is 6.54 Å². The molecule has 16 heavy (non-hydrogen) atoms. The predicted molar refractivity (Wildman–Crippen MR) is 61.1 cm³/mol. The van der Waals surface area contributed by atoms with E-state index in [2.05, 4.69) is 13.8 Å². The predicted octanol–water partition coefficient (Wildman–Crippen LogP) is 4.34. The molecule has 0 fully saturated rings. The Bertz CT molecular complexity index is 168. The fourth-order valence-electron chi connectivity index (χ4n) is 1.87. The van der Waals surface area contributed by atoms with Crippen LogP contribution in [0.4, 0.5) is 13.2 Å². The van der Waals surface area contributed by atoms with E-state index in [1.807, 2.05) is 6.92 Å². The average Bonchev–Trinajstić information content (AvgIpc) is 2.20. The van der Waals surface area contributed by atoms with Crippen molar-refractivity contribution < 1.29 is 13.2 Å². The van der Waals surface area contributed by atoms with Crippen LogP contribution in [-0.2, 0) is 0 Å². The molecule has 2 unspecified atom stereocenters. The molecule has 0 aromatic heterocycles. The molecular weight excluding hydrogens is 215 g/mol. The van der Waals surface area contributed by atoms with E-state index in [9.17, 15) is 13.2 Å². The van der Waals surface area contributed by atoms with Crippen molar-refractivity contribution in [3.05, 3.63) is 0 Å². The highest BCUT2D eigenvalue weighted by Crippen LogP contribution is 2.20. The number of hydrogen-bond acceptors (Lipinski definition) is 1. The second-order valence-corrected chi connectivity index (χ2v) is 4.62. The van der Waals surface area contributed by atoms with Crippen LogP contribution in [0.5, 0.6) is 0 Å². The molecule has 0 radical (unpaired) electrons. The normalized spacial score (nSPS) is 16.1. The maximum Gasteiger partial charge on any atom is 0.457 e. The van der Waals surface area contributed by atoms with Crippen molar-refractivity contribution in [1.82, 2.24) is 5.32 Å². The van der Waals surface area contributed by atoms with Gasteiger partial charge in [0.25, 0.3) is 0 Å². The molecule has 1 N–H and O–H groups in total. The van der Waals surface area contributed by atoms with E-state index < -0.39 is 6.30 Å². The lowest BCUT2D eigenvalue weighted by molar-refractivity contribution is -0.158. The Morgan fingerprint density at radius 2 is 1.69 bits per heavy atom. The van der Waals surface area contributed by atoms with Gasteiger partial charge >= 0.3 is 6.30 Å². The van der Waals surface area contributed by atoms with E-state index >= 15 is 0 Å². The summed E-state index contributed by atoms with van der Waals surface area (Å²) >= 11 is 0. The number of alkyl halides is 3. The molecule has 0 aliphatic heterocycles. The van der Waals surface area contributed by atoms with Crippen molar-refractivity contribution in [2.24, 2.45) is 11.8 Å². The first kappa shape index (κ1) is 15.8. The third kappa shape index (κ3) is 9.01. The Balaban J connectivity index is 3.66. The second kappa shape index (κ2) is 7.93. The molecule has 0 saturated heterocycles. The van der Waals surface area contributed by atoms with Gasteiger partial charge in [-0.05, 0) is 18.3 Å². The van der Waals surface area contributed by atoms with Gasteiger partial charge in [0.1, 0.15) is 0 Å². The second-order valence-electron chi connectivity index (χ2n) is 4.62. The quantitative estimate of drug-likeness (QED) is 0.621. The number of hydrogen-bond donors (Lipinski definition) is 1. The fraction of sp³-hybridized carbons (Fsp3) is 1.00. The molecule has 98 valence electrons. The molecule has 0 bridgehead atoms. The molecule has 1 nitrogen and oxygen atoms in total. The molecule has 0 aromatic carbocycles. The summed E-state index contributed by atoms with van der Waals surface area (Å²) in [7, 11) is 0. The first-order valence-corrected chi connectivity index (χ1v) is 6.20. The van der Waals surface area contributed by atoms with E-state index in [4.69, 9.17) is 0 Å². The van der Waals surface area contributed by atoms with Gasteiger partial charge in [-0.2, -0.15) is 13.2 Å². The van der Waals surface area contributed by atoms with E-state index in [0.29, 0.717) is 5.92 Å². The highest BCUT2D eigenvalue weighted by molar-refractivity contribution is 4.63. The number of nitrogens with one attached hydrogen (secondary N) is 1. The zero-order valence-corrected chi connectivity index (χ0v) is 10.5. The van der Waals surface area contributed by atoms with Crippen LogP contribution in [-0.4, -0.2) is 12.8 Å². The number of halogens is 3. The Kier molecular flexibility index (Phi) is 7.81. The van der Waals surface area contributed by atoms with Crippen LogP contribution >= 0.6 is 0 Å². The summed E-state index contributed by atoms with van der Waals surface area (Å²) in [5.41, 5.74) is 0. The SMILES string of the molecule is CCCC(CC)CCC(C)CNC(F)(F)F. The molecule has 0 heterocycles. The van der Waals surface area contributed by atoms with Crippen LogP contribution in [0.2, 0.25) is 0 Å². The Morgan fingerprint density at radius 1 is 1.06 bits per heavy atom. The minimum Gasteiger partial charge on any atom is -0.228 e. The third-order valence-electron chi connectivity index (χ3n) is 2.99. The maximum atomic E-state index is 11.9. The first-order chi connectivity index (χ1) is 7.39. The lowest BCUT2D eigenvalue weighted by Gasteiger charge is -2.18. The fourth-order valence-corrected chi connectivity index (χ4v) is 1.87. The van der Waals surface area contributed by atoms with Crippen LogP contribution in [0.25, 0.3) is 0 Å². The van der Waals surface area contributed by atoms with E-state index in [0.717, 1.165) is 25.7 Å². The largest absolute Gasteiger partial charge is 0.457 e. The van der Waals surface area contributed by atoms with Crippen molar-refractivity contribution in [1.29, 1.82) is 0 Å². The van der Waals surface area contributed by atoms with Crippen LogP contribution in [0.1, 0.15) is 52.9 Å². The van der Waals surface area contributed by atoms with Crippen LogP contribution in [0.3, 0.4) is 0 Å². The van der Waals surface area contributed by atoms with Crippen LogP contribution in [0, 0.1) is 11.8 Å². The minimum absolute atomic E-state index is 0.0338. The third-order valence-corrected chi connectivity index (χ3v) is 2.99. The molecule has 0 aliphatic rings. The summed E-state index contributed by atoms with van der Waals surface area (Å²) in [4.78, 5) is 0. The zero-order chi connectivity index (χ0) is 12.6. The van der Waals surface area contributed by atoms with Crippen LogP contribution in [0.15, 0.2) is 0 Å². The monoisotopic (exact) mass is 239 g/mol. The van der Waals surface area contributed by atoms with Gasteiger partial charge in [0.15, 0.2) is 0 Å². The maximum absolute atomic E-state index is 11.9. The number of rotatable bonds is 8. The molecule has 0 rings (SSSR count). The van der Waals surface area contributed by atoms with Crippen molar-refractivity contribution >= 4 is 0 Å². The topological polar surface area (TPSA) is 12.0 Å². The van der Waals surface area contributed by atoms with Gasteiger partial charge in [0.05, 0.1) is 0 Å². The average molecular weight is 239 g/mol.